The van der Waals surface area contributed by atoms with E-state index in [1.807, 2.05) is 0 Å². The van der Waals surface area contributed by atoms with Gasteiger partial charge in [0.15, 0.2) is 0 Å². The molecule has 0 aromatic rings. The van der Waals surface area contributed by atoms with Crippen molar-refractivity contribution in [2.75, 3.05) is 14.2 Å². The molecular formula is C9H18ClNO3. The third kappa shape index (κ3) is 2.83. The van der Waals surface area contributed by atoms with Gasteiger partial charge in [-0.2, -0.15) is 0 Å². The number of halogens is 1. The molecule has 1 aliphatic carbocycles. The highest BCUT2D eigenvalue weighted by atomic mass is 35.5. The van der Waals surface area contributed by atoms with Gasteiger partial charge in [0.1, 0.15) is 5.54 Å². The van der Waals surface area contributed by atoms with Gasteiger partial charge in [-0.3, -0.25) is 4.79 Å². The van der Waals surface area contributed by atoms with E-state index < -0.39 is 5.54 Å². The molecule has 1 rings (SSSR count). The van der Waals surface area contributed by atoms with Crippen molar-refractivity contribution < 1.29 is 14.3 Å². The van der Waals surface area contributed by atoms with E-state index >= 15 is 0 Å². The van der Waals surface area contributed by atoms with Crippen LogP contribution in [0.25, 0.3) is 0 Å². The van der Waals surface area contributed by atoms with Crippen LogP contribution in [0.3, 0.4) is 0 Å². The maximum atomic E-state index is 11.3. The standard InChI is InChI=1S/C9H17NO3.ClH/c1-12-7-3-5-9(10,6-4-7)8(11)13-2;/h7H,3-6,10H2,1-2H3;1H. The first-order chi connectivity index (χ1) is 6.12. The first-order valence-electron chi connectivity index (χ1n) is 4.52. The van der Waals surface area contributed by atoms with Crippen LogP contribution in [0.15, 0.2) is 0 Å². The maximum Gasteiger partial charge on any atom is 0.325 e. The van der Waals surface area contributed by atoms with Crippen molar-refractivity contribution in [2.24, 2.45) is 5.73 Å². The molecular weight excluding hydrogens is 206 g/mol. The van der Waals surface area contributed by atoms with Crippen LogP contribution in [0.4, 0.5) is 0 Å². The Kier molecular flexibility index (Phi) is 5.41. The Morgan fingerprint density at radius 1 is 1.36 bits per heavy atom. The molecule has 84 valence electrons. The quantitative estimate of drug-likeness (QED) is 0.706. The van der Waals surface area contributed by atoms with Gasteiger partial charge in [0, 0.05) is 7.11 Å². The van der Waals surface area contributed by atoms with Crippen LogP contribution in [-0.2, 0) is 14.3 Å². The molecule has 1 aliphatic rings. The van der Waals surface area contributed by atoms with Crippen molar-refractivity contribution in [1.82, 2.24) is 0 Å². The Hall–Kier alpha value is -0.320. The molecule has 5 heteroatoms. The number of rotatable bonds is 2. The topological polar surface area (TPSA) is 61.5 Å². The number of hydrogen-bond donors (Lipinski definition) is 1. The number of carbonyl (C=O) groups excluding carboxylic acids is 1. The Morgan fingerprint density at radius 2 is 1.86 bits per heavy atom. The number of esters is 1. The molecule has 0 aliphatic heterocycles. The van der Waals surface area contributed by atoms with Crippen molar-refractivity contribution in [2.45, 2.75) is 37.3 Å². The average molecular weight is 224 g/mol. The zero-order chi connectivity index (χ0) is 9.90. The van der Waals surface area contributed by atoms with Crippen LogP contribution in [0, 0.1) is 0 Å². The van der Waals surface area contributed by atoms with E-state index in [2.05, 4.69) is 4.74 Å². The molecule has 0 aromatic heterocycles. The van der Waals surface area contributed by atoms with E-state index in [1.165, 1.54) is 7.11 Å². The molecule has 0 bridgehead atoms. The Labute approximate surface area is 90.5 Å². The minimum absolute atomic E-state index is 0. The maximum absolute atomic E-state index is 11.3. The van der Waals surface area contributed by atoms with E-state index in [0.29, 0.717) is 12.8 Å². The zero-order valence-corrected chi connectivity index (χ0v) is 9.43. The Balaban J connectivity index is 0.00000169. The first-order valence-corrected chi connectivity index (χ1v) is 4.52. The number of hydrogen-bond acceptors (Lipinski definition) is 4. The minimum atomic E-state index is -0.774. The second-order valence-corrected chi connectivity index (χ2v) is 3.58. The van der Waals surface area contributed by atoms with Gasteiger partial charge in [0.25, 0.3) is 0 Å². The molecule has 0 saturated heterocycles. The van der Waals surface area contributed by atoms with Crippen LogP contribution >= 0.6 is 12.4 Å². The summed E-state index contributed by atoms with van der Waals surface area (Å²) in [4.78, 5) is 11.3. The molecule has 0 aromatic carbocycles. The monoisotopic (exact) mass is 223 g/mol. The second-order valence-electron chi connectivity index (χ2n) is 3.58. The molecule has 0 unspecified atom stereocenters. The largest absolute Gasteiger partial charge is 0.468 e. The van der Waals surface area contributed by atoms with Crippen molar-refractivity contribution in [1.29, 1.82) is 0 Å². The summed E-state index contributed by atoms with van der Waals surface area (Å²) in [7, 11) is 3.06. The van der Waals surface area contributed by atoms with Crippen LogP contribution in [0.1, 0.15) is 25.7 Å². The lowest BCUT2D eigenvalue weighted by atomic mass is 9.81. The third-order valence-electron chi connectivity index (χ3n) is 2.75. The molecule has 0 radical (unpaired) electrons. The van der Waals surface area contributed by atoms with Gasteiger partial charge >= 0.3 is 5.97 Å². The Bertz CT molecular complexity index is 190. The van der Waals surface area contributed by atoms with Gasteiger partial charge in [-0.1, -0.05) is 0 Å². The van der Waals surface area contributed by atoms with Gasteiger partial charge in [-0.15, -0.1) is 12.4 Å². The number of carbonyl (C=O) groups is 1. The van der Waals surface area contributed by atoms with E-state index in [9.17, 15) is 4.79 Å². The lowest BCUT2D eigenvalue weighted by molar-refractivity contribution is -0.149. The molecule has 0 atom stereocenters. The summed E-state index contributed by atoms with van der Waals surface area (Å²) in [5, 5.41) is 0. The van der Waals surface area contributed by atoms with E-state index in [-0.39, 0.29) is 24.5 Å². The molecule has 4 nitrogen and oxygen atoms in total. The normalized spacial score (nSPS) is 31.8. The third-order valence-corrected chi connectivity index (χ3v) is 2.75. The first kappa shape index (κ1) is 13.7. The number of ether oxygens (including phenoxy) is 2. The van der Waals surface area contributed by atoms with Crippen molar-refractivity contribution >= 4 is 18.4 Å². The van der Waals surface area contributed by atoms with E-state index in [1.54, 1.807) is 7.11 Å². The van der Waals surface area contributed by atoms with Crippen LogP contribution in [-0.4, -0.2) is 31.8 Å². The van der Waals surface area contributed by atoms with Crippen LogP contribution in [0.5, 0.6) is 0 Å². The minimum Gasteiger partial charge on any atom is -0.468 e. The molecule has 2 N–H and O–H groups in total. The lowest BCUT2D eigenvalue weighted by Gasteiger charge is -2.33. The van der Waals surface area contributed by atoms with Gasteiger partial charge in [-0.05, 0) is 25.7 Å². The molecule has 0 spiro atoms. The van der Waals surface area contributed by atoms with Crippen molar-refractivity contribution in [3.8, 4) is 0 Å². The highest BCUT2D eigenvalue weighted by molar-refractivity contribution is 5.85. The highest BCUT2D eigenvalue weighted by Gasteiger charge is 2.39. The number of nitrogens with two attached hydrogens (primary N) is 1. The Morgan fingerprint density at radius 3 is 2.21 bits per heavy atom. The zero-order valence-electron chi connectivity index (χ0n) is 8.62. The molecule has 14 heavy (non-hydrogen) atoms. The summed E-state index contributed by atoms with van der Waals surface area (Å²) in [5.41, 5.74) is 5.13. The van der Waals surface area contributed by atoms with Crippen LogP contribution in [0.2, 0.25) is 0 Å². The van der Waals surface area contributed by atoms with Crippen molar-refractivity contribution in [3.63, 3.8) is 0 Å². The smallest absolute Gasteiger partial charge is 0.325 e. The van der Waals surface area contributed by atoms with E-state index in [4.69, 9.17) is 10.5 Å². The lowest BCUT2D eigenvalue weighted by Crippen LogP contribution is -2.52. The summed E-state index contributed by atoms with van der Waals surface area (Å²) < 4.78 is 9.85. The summed E-state index contributed by atoms with van der Waals surface area (Å²) in [6.07, 6.45) is 3.22. The predicted molar refractivity (Wildman–Crippen MR) is 55.4 cm³/mol. The highest BCUT2D eigenvalue weighted by Crippen LogP contribution is 2.28. The van der Waals surface area contributed by atoms with Gasteiger partial charge < -0.3 is 15.2 Å². The summed E-state index contributed by atoms with van der Waals surface area (Å²) >= 11 is 0. The molecule has 0 heterocycles. The summed E-state index contributed by atoms with van der Waals surface area (Å²) in [6, 6.07) is 0. The van der Waals surface area contributed by atoms with Crippen molar-refractivity contribution in [3.05, 3.63) is 0 Å². The molecule has 1 fully saturated rings. The fraction of sp³-hybridized carbons (Fsp3) is 0.889. The van der Waals surface area contributed by atoms with Crippen LogP contribution < -0.4 is 5.73 Å². The van der Waals surface area contributed by atoms with E-state index in [0.717, 1.165) is 12.8 Å². The predicted octanol–water partition coefficient (Wildman–Crippen LogP) is 0.868. The fourth-order valence-electron chi connectivity index (χ4n) is 1.75. The van der Waals surface area contributed by atoms with Gasteiger partial charge in [-0.25, -0.2) is 0 Å². The summed E-state index contributed by atoms with van der Waals surface area (Å²) in [5.74, 6) is -0.304. The molecule has 0 amide bonds. The van der Waals surface area contributed by atoms with Gasteiger partial charge in [0.2, 0.25) is 0 Å². The summed E-state index contributed by atoms with van der Waals surface area (Å²) in [6.45, 7) is 0. The second kappa shape index (κ2) is 5.53. The van der Waals surface area contributed by atoms with Gasteiger partial charge in [0.05, 0.1) is 13.2 Å². The SMILES string of the molecule is COC(=O)C1(N)CCC(OC)CC1.Cl. The fourth-order valence-corrected chi connectivity index (χ4v) is 1.75. The molecule has 1 saturated carbocycles. The average Bonchev–Trinajstić information content (AvgIpc) is 2.18. The number of methoxy groups -OCH3 is 2.